The number of halogens is 1. The van der Waals surface area contributed by atoms with Gasteiger partial charge in [-0.3, -0.25) is 4.79 Å². The molecule has 2 aromatic carbocycles. The number of benzene rings is 2. The summed E-state index contributed by atoms with van der Waals surface area (Å²) in [7, 11) is 0. The minimum absolute atomic E-state index is 0.308. The van der Waals surface area contributed by atoms with Gasteiger partial charge in [0.05, 0.1) is 23.1 Å². The van der Waals surface area contributed by atoms with Crippen molar-refractivity contribution < 1.29 is 9.18 Å². The highest BCUT2D eigenvalue weighted by Gasteiger charge is 2.13. The molecule has 0 aliphatic heterocycles. The van der Waals surface area contributed by atoms with Crippen molar-refractivity contribution in [2.45, 2.75) is 0 Å². The van der Waals surface area contributed by atoms with E-state index in [-0.39, 0.29) is 5.82 Å². The van der Waals surface area contributed by atoms with E-state index in [0.717, 1.165) is 11.8 Å². The van der Waals surface area contributed by atoms with Crippen molar-refractivity contribution in [3.8, 4) is 16.9 Å². The molecule has 3 aromatic rings. The zero-order chi connectivity index (χ0) is 13.9. The Balaban J connectivity index is 2.20. The summed E-state index contributed by atoms with van der Waals surface area (Å²) in [4.78, 5) is 11.2. The lowest BCUT2D eigenvalue weighted by Gasteiger charge is -2.08. The molecule has 0 unspecified atom stereocenters. The zero-order valence-corrected chi connectivity index (χ0v) is 10.5. The van der Waals surface area contributed by atoms with Gasteiger partial charge in [-0.15, -0.1) is 0 Å². The van der Waals surface area contributed by atoms with Crippen LogP contribution in [-0.2, 0) is 0 Å². The lowest BCUT2D eigenvalue weighted by Crippen LogP contribution is -2.00. The lowest BCUT2D eigenvalue weighted by molar-refractivity contribution is 0.112. The first-order chi connectivity index (χ1) is 9.79. The molecule has 0 N–H and O–H groups in total. The molecule has 3 rings (SSSR count). The molecule has 4 heteroatoms. The number of hydrogen-bond acceptors (Lipinski definition) is 2. The summed E-state index contributed by atoms with van der Waals surface area (Å²) in [6.07, 6.45) is 2.29. The van der Waals surface area contributed by atoms with Crippen LogP contribution in [0, 0.1) is 5.82 Å². The van der Waals surface area contributed by atoms with Gasteiger partial charge in [-0.25, -0.2) is 9.07 Å². The SMILES string of the molecule is O=Cc1cnn(-c2ccc(F)cc2)c1-c1ccccc1. The molecule has 0 fully saturated rings. The molecule has 0 aliphatic carbocycles. The fourth-order valence-electron chi connectivity index (χ4n) is 2.11. The first-order valence-electron chi connectivity index (χ1n) is 6.14. The van der Waals surface area contributed by atoms with Gasteiger partial charge in [0.2, 0.25) is 0 Å². The molecular weight excluding hydrogens is 255 g/mol. The lowest BCUT2D eigenvalue weighted by atomic mass is 10.1. The first kappa shape index (κ1) is 12.3. The third kappa shape index (κ3) is 2.12. The minimum Gasteiger partial charge on any atom is -0.298 e. The average Bonchev–Trinajstić information content (AvgIpc) is 2.93. The maximum atomic E-state index is 13.0. The van der Waals surface area contributed by atoms with Crippen LogP contribution < -0.4 is 0 Å². The molecule has 0 saturated carbocycles. The largest absolute Gasteiger partial charge is 0.298 e. The van der Waals surface area contributed by atoms with Crippen LogP contribution >= 0.6 is 0 Å². The van der Waals surface area contributed by atoms with Gasteiger partial charge in [-0.1, -0.05) is 30.3 Å². The molecule has 3 nitrogen and oxygen atoms in total. The first-order valence-corrected chi connectivity index (χ1v) is 6.14. The fraction of sp³-hybridized carbons (Fsp3) is 0. The zero-order valence-electron chi connectivity index (χ0n) is 10.5. The number of aromatic nitrogens is 2. The van der Waals surface area contributed by atoms with Crippen LogP contribution in [0.3, 0.4) is 0 Å². The van der Waals surface area contributed by atoms with E-state index in [1.807, 2.05) is 30.3 Å². The molecular formula is C16H11FN2O. The van der Waals surface area contributed by atoms with Gasteiger partial charge in [-0.2, -0.15) is 5.10 Å². The molecule has 0 atom stereocenters. The molecule has 1 aromatic heterocycles. The molecule has 20 heavy (non-hydrogen) atoms. The van der Waals surface area contributed by atoms with Crippen molar-refractivity contribution in [3.63, 3.8) is 0 Å². The van der Waals surface area contributed by atoms with E-state index in [4.69, 9.17) is 0 Å². The van der Waals surface area contributed by atoms with Crippen LogP contribution in [0.2, 0.25) is 0 Å². The molecule has 0 spiro atoms. The van der Waals surface area contributed by atoms with Crippen LogP contribution in [0.4, 0.5) is 4.39 Å². The Hall–Kier alpha value is -2.75. The smallest absolute Gasteiger partial charge is 0.153 e. The standard InChI is InChI=1S/C16H11FN2O/c17-14-6-8-15(9-7-14)19-16(13(11-20)10-18-19)12-4-2-1-3-5-12/h1-11H. The van der Waals surface area contributed by atoms with Gasteiger partial charge in [0, 0.05) is 5.56 Å². The summed E-state index contributed by atoms with van der Waals surface area (Å²) in [5.41, 5.74) is 2.79. The summed E-state index contributed by atoms with van der Waals surface area (Å²) in [5, 5.41) is 4.23. The van der Waals surface area contributed by atoms with Crippen LogP contribution in [0.5, 0.6) is 0 Å². The summed E-state index contributed by atoms with van der Waals surface area (Å²) in [5.74, 6) is -0.308. The topological polar surface area (TPSA) is 34.9 Å². The van der Waals surface area contributed by atoms with Crippen molar-refractivity contribution in [3.05, 3.63) is 72.2 Å². The normalized spacial score (nSPS) is 10.4. The van der Waals surface area contributed by atoms with Gasteiger partial charge in [0.15, 0.2) is 6.29 Å². The number of rotatable bonds is 3. The van der Waals surface area contributed by atoms with E-state index >= 15 is 0 Å². The molecule has 0 radical (unpaired) electrons. The Morgan fingerprint density at radius 1 is 1.00 bits per heavy atom. The third-order valence-corrected chi connectivity index (χ3v) is 3.04. The summed E-state index contributed by atoms with van der Waals surface area (Å²) in [6.45, 7) is 0. The average molecular weight is 266 g/mol. The predicted molar refractivity (Wildman–Crippen MR) is 74.3 cm³/mol. The Kier molecular flexibility index (Phi) is 3.13. The van der Waals surface area contributed by atoms with Crippen molar-refractivity contribution in [1.82, 2.24) is 9.78 Å². The predicted octanol–water partition coefficient (Wildman–Crippen LogP) is 3.49. The number of carbonyl (C=O) groups excluding carboxylic acids is 1. The van der Waals surface area contributed by atoms with Gasteiger partial charge in [-0.05, 0) is 24.3 Å². The van der Waals surface area contributed by atoms with Gasteiger partial charge >= 0.3 is 0 Å². The van der Waals surface area contributed by atoms with E-state index in [1.165, 1.54) is 18.3 Å². The van der Waals surface area contributed by atoms with Crippen LogP contribution in [0.1, 0.15) is 10.4 Å². The number of aldehydes is 1. The monoisotopic (exact) mass is 266 g/mol. The number of nitrogens with zero attached hydrogens (tertiary/aromatic N) is 2. The second-order valence-electron chi connectivity index (χ2n) is 4.32. The molecule has 98 valence electrons. The number of carbonyl (C=O) groups is 1. The summed E-state index contributed by atoms with van der Waals surface area (Å²) in [6, 6.07) is 15.5. The molecule has 1 heterocycles. The van der Waals surface area contributed by atoms with Crippen molar-refractivity contribution in [2.24, 2.45) is 0 Å². The molecule has 0 amide bonds. The maximum Gasteiger partial charge on any atom is 0.153 e. The van der Waals surface area contributed by atoms with E-state index in [1.54, 1.807) is 16.8 Å². The van der Waals surface area contributed by atoms with Crippen LogP contribution in [0.15, 0.2) is 60.8 Å². The van der Waals surface area contributed by atoms with Gasteiger partial charge < -0.3 is 0 Å². The Morgan fingerprint density at radius 3 is 2.35 bits per heavy atom. The van der Waals surface area contributed by atoms with Gasteiger partial charge in [0.25, 0.3) is 0 Å². The molecule has 0 aliphatic rings. The highest BCUT2D eigenvalue weighted by molar-refractivity contribution is 5.86. The number of hydrogen-bond donors (Lipinski definition) is 0. The Bertz CT molecular complexity index is 733. The maximum absolute atomic E-state index is 13.0. The summed E-state index contributed by atoms with van der Waals surface area (Å²) >= 11 is 0. The van der Waals surface area contributed by atoms with Crippen molar-refractivity contribution in [2.75, 3.05) is 0 Å². The van der Waals surface area contributed by atoms with Crippen molar-refractivity contribution in [1.29, 1.82) is 0 Å². The van der Waals surface area contributed by atoms with Gasteiger partial charge in [0.1, 0.15) is 5.82 Å². The molecule has 0 saturated heterocycles. The highest BCUT2D eigenvalue weighted by atomic mass is 19.1. The highest BCUT2D eigenvalue weighted by Crippen LogP contribution is 2.25. The van der Waals surface area contributed by atoms with Crippen LogP contribution in [0.25, 0.3) is 16.9 Å². The van der Waals surface area contributed by atoms with Crippen molar-refractivity contribution >= 4 is 6.29 Å². The second kappa shape index (κ2) is 5.09. The second-order valence-corrected chi connectivity index (χ2v) is 4.32. The Labute approximate surface area is 115 Å². The quantitative estimate of drug-likeness (QED) is 0.680. The minimum atomic E-state index is -0.308. The Morgan fingerprint density at radius 2 is 1.70 bits per heavy atom. The van der Waals surface area contributed by atoms with Crippen LogP contribution in [-0.4, -0.2) is 16.1 Å². The van der Waals surface area contributed by atoms with E-state index in [2.05, 4.69) is 5.10 Å². The molecule has 0 bridgehead atoms. The van der Waals surface area contributed by atoms with E-state index < -0.39 is 0 Å². The third-order valence-electron chi connectivity index (χ3n) is 3.04. The van der Waals surface area contributed by atoms with E-state index in [9.17, 15) is 9.18 Å². The fourth-order valence-corrected chi connectivity index (χ4v) is 2.11. The van der Waals surface area contributed by atoms with E-state index in [0.29, 0.717) is 16.9 Å². The summed E-state index contributed by atoms with van der Waals surface area (Å²) < 4.78 is 14.6.